The zero-order chi connectivity index (χ0) is 13.1. The summed E-state index contributed by atoms with van der Waals surface area (Å²) in [5, 5.41) is 1.04. The highest BCUT2D eigenvalue weighted by atomic mass is 32.1. The monoisotopic (exact) mass is 275 g/mol. The lowest BCUT2D eigenvalue weighted by molar-refractivity contribution is 0.0999. The summed E-state index contributed by atoms with van der Waals surface area (Å²) < 4.78 is 5.90. The maximum absolute atomic E-state index is 6.15. The molecule has 5 heteroatoms. The van der Waals surface area contributed by atoms with E-state index < -0.39 is 0 Å². The van der Waals surface area contributed by atoms with Crippen LogP contribution in [0.2, 0.25) is 0 Å². The minimum atomic E-state index is 0.309. The summed E-state index contributed by atoms with van der Waals surface area (Å²) in [7, 11) is 0. The molecule has 2 aliphatic heterocycles. The number of nitrogens with two attached hydrogens (primary N) is 1. The van der Waals surface area contributed by atoms with Gasteiger partial charge in [0.15, 0.2) is 0 Å². The quantitative estimate of drug-likeness (QED) is 0.869. The molecule has 0 saturated carbocycles. The fourth-order valence-corrected chi connectivity index (χ4v) is 4.42. The summed E-state index contributed by atoms with van der Waals surface area (Å²) in [4.78, 5) is 11.6. The number of hydrogen-bond acceptors (Lipinski definition) is 5. The van der Waals surface area contributed by atoms with Crippen molar-refractivity contribution < 1.29 is 4.74 Å². The SMILES string of the molecule is Cc1sc2nc(C3CC4CCC3O4)nc(N)c2c1C. The lowest BCUT2D eigenvalue weighted by Crippen LogP contribution is -2.17. The number of nitrogen functional groups attached to an aromatic ring is 1. The van der Waals surface area contributed by atoms with Crippen LogP contribution in [0.15, 0.2) is 0 Å². The molecule has 19 heavy (non-hydrogen) atoms. The molecule has 2 bridgehead atoms. The topological polar surface area (TPSA) is 61.0 Å². The molecule has 0 aliphatic carbocycles. The molecule has 2 aromatic heterocycles. The second-order valence-electron chi connectivity index (χ2n) is 5.65. The van der Waals surface area contributed by atoms with Crippen molar-refractivity contribution in [1.29, 1.82) is 0 Å². The Morgan fingerprint density at radius 1 is 1.26 bits per heavy atom. The van der Waals surface area contributed by atoms with Crippen LogP contribution in [0.5, 0.6) is 0 Å². The van der Waals surface area contributed by atoms with Gasteiger partial charge < -0.3 is 10.5 Å². The summed E-state index contributed by atoms with van der Waals surface area (Å²) in [6, 6.07) is 0. The molecule has 2 aromatic rings. The van der Waals surface area contributed by atoms with Crippen molar-refractivity contribution in [2.24, 2.45) is 0 Å². The van der Waals surface area contributed by atoms with E-state index in [0.29, 0.717) is 23.9 Å². The Hall–Kier alpha value is -1.20. The number of aryl methyl sites for hydroxylation is 2. The van der Waals surface area contributed by atoms with Crippen LogP contribution < -0.4 is 5.73 Å². The van der Waals surface area contributed by atoms with Gasteiger partial charge >= 0.3 is 0 Å². The molecule has 0 radical (unpaired) electrons. The summed E-state index contributed by atoms with van der Waals surface area (Å²) in [6.07, 6.45) is 4.11. The number of anilines is 1. The summed E-state index contributed by atoms with van der Waals surface area (Å²) in [6.45, 7) is 4.20. The van der Waals surface area contributed by atoms with Crippen LogP contribution in [0, 0.1) is 13.8 Å². The predicted octanol–water partition coefficient (Wildman–Crippen LogP) is 2.93. The van der Waals surface area contributed by atoms with Gasteiger partial charge in [-0.25, -0.2) is 9.97 Å². The van der Waals surface area contributed by atoms with E-state index in [-0.39, 0.29) is 0 Å². The number of fused-ring (bicyclic) bond motifs is 3. The molecule has 4 heterocycles. The fraction of sp³-hybridized carbons (Fsp3) is 0.571. The van der Waals surface area contributed by atoms with Gasteiger partial charge in [0.05, 0.1) is 17.6 Å². The smallest absolute Gasteiger partial charge is 0.138 e. The van der Waals surface area contributed by atoms with Crippen LogP contribution in [-0.2, 0) is 4.74 Å². The van der Waals surface area contributed by atoms with E-state index in [1.807, 2.05) is 0 Å². The van der Waals surface area contributed by atoms with Gasteiger partial charge in [0.2, 0.25) is 0 Å². The van der Waals surface area contributed by atoms with Crippen LogP contribution >= 0.6 is 11.3 Å². The highest BCUT2D eigenvalue weighted by Crippen LogP contribution is 2.44. The third kappa shape index (κ3) is 1.61. The van der Waals surface area contributed by atoms with Crippen LogP contribution in [0.3, 0.4) is 0 Å². The van der Waals surface area contributed by atoms with E-state index >= 15 is 0 Å². The second kappa shape index (κ2) is 3.90. The number of ether oxygens (including phenoxy) is 1. The molecule has 2 aliphatic rings. The Morgan fingerprint density at radius 2 is 2.11 bits per heavy atom. The lowest BCUT2D eigenvalue weighted by atomic mass is 9.88. The van der Waals surface area contributed by atoms with Crippen molar-refractivity contribution in [2.45, 2.75) is 51.2 Å². The average molecular weight is 275 g/mol. The van der Waals surface area contributed by atoms with Gasteiger partial charge in [-0.1, -0.05) is 0 Å². The first-order valence-electron chi connectivity index (χ1n) is 6.82. The zero-order valence-electron chi connectivity index (χ0n) is 11.1. The van der Waals surface area contributed by atoms with Crippen molar-refractivity contribution >= 4 is 27.4 Å². The largest absolute Gasteiger partial charge is 0.383 e. The van der Waals surface area contributed by atoms with Crippen LogP contribution in [0.4, 0.5) is 5.82 Å². The van der Waals surface area contributed by atoms with E-state index in [4.69, 9.17) is 15.5 Å². The Kier molecular flexibility index (Phi) is 2.38. The highest BCUT2D eigenvalue weighted by molar-refractivity contribution is 7.18. The molecule has 2 fully saturated rings. The molecule has 0 amide bonds. The summed E-state index contributed by atoms with van der Waals surface area (Å²) in [5.74, 6) is 1.86. The summed E-state index contributed by atoms with van der Waals surface area (Å²) >= 11 is 1.71. The molecule has 0 aromatic carbocycles. The lowest BCUT2D eigenvalue weighted by Gasteiger charge is -2.17. The van der Waals surface area contributed by atoms with Crippen LogP contribution in [-0.4, -0.2) is 22.2 Å². The number of hydrogen-bond donors (Lipinski definition) is 1. The summed E-state index contributed by atoms with van der Waals surface area (Å²) in [5.41, 5.74) is 7.37. The second-order valence-corrected chi connectivity index (χ2v) is 6.85. The molecular weight excluding hydrogens is 258 g/mol. The van der Waals surface area contributed by atoms with E-state index in [1.165, 1.54) is 16.9 Å². The van der Waals surface area contributed by atoms with Gasteiger partial charge in [-0.2, -0.15) is 0 Å². The van der Waals surface area contributed by atoms with Crippen molar-refractivity contribution in [3.63, 3.8) is 0 Å². The maximum atomic E-state index is 6.15. The van der Waals surface area contributed by atoms with Crippen molar-refractivity contribution in [1.82, 2.24) is 9.97 Å². The minimum absolute atomic E-state index is 0.309. The first kappa shape index (κ1) is 11.6. The van der Waals surface area contributed by atoms with Crippen molar-refractivity contribution in [2.75, 3.05) is 5.73 Å². The Labute approximate surface area is 116 Å². The van der Waals surface area contributed by atoms with Crippen molar-refractivity contribution in [3.05, 3.63) is 16.3 Å². The van der Waals surface area contributed by atoms with Gasteiger partial charge in [0, 0.05) is 10.8 Å². The van der Waals surface area contributed by atoms with Gasteiger partial charge in [0.25, 0.3) is 0 Å². The van der Waals surface area contributed by atoms with Crippen LogP contribution in [0.25, 0.3) is 10.2 Å². The first-order valence-corrected chi connectivity index (χ1v) is 7.63. The number of aromatic nitrogens is 2. The molecule has 2 saturated heterocycles. The first-order chi connectivity index (χ1) is 9.13. The van der Waals surface area contributed by atoms with Gasteiger partial charge in [-0.15, -0.1) is 11.3 Å². The maximum Gasteiger partial charge on any atom is 0.138 e. The molecule has 3 unspecified atom stereocenters. The molecule has 100 valence electrons. The highest BCUT2D eigenvalue weighted by Gasteiger charge is 2.43. The normalized spacial score (nSPS) is 29.5. The fourth-order valence-electron chi connectivity index (χ4n) is 3.37. The third-order valence-corrected chi connectivity index (χ3v) is 5.61. The number of nitrogens with zero attached hydrogens (tertiary/aromatic N) is 2. The van der Waals surface area contributed by atoms with Gasteiger partial charge in [-0.3, -0.25) is 0 Å². The third-order valence-electron chi connectivity index (χ3n) is 4.51. The Balaban J connectivity index is 1.83. The van der Waals surface area contributed by atoms with Gasteiger partial charge in [0.1, 0.15) is 16.5 Å². The Bertz CT molecular complexity index is 666. The molecular formula is C14H17N3OS. The van der Waals surface area contributed by atoms with Crippen molar-refractivity contribution in [3.8, 4) is 0 Å². The molecule has 2 N–H and O–H groups in total. The van der Waals surface area contributed by atoms with E-state index in [1.54, 1.807) is 11.3 Å². The predicted molar refractivity (Wildman–Crippen MR) is 76.6 cm³/mol. The molecule has 4 rings (SSSR count). The Morgan fingerprint density at radius 3 is 2.79 bits per heavy atom. The zero-order valence-corrected chi connectivity index (χ0v) is 12.0. The molecule has 3 atom stereocenters. The van der Waals surface area contributed by atoms with E-state index in [9.17, 15) is 0 Å². The standard InChI is InChI=1S/C14H17N3OS/c1-6-7(2)19-14-11(6)12(15)16-13(17-14)9-5-8-3-4-10(9)18-8/h8-10H,3-5H2,1-2H3,(H2,15,16,17). The van der Waals surface area contributed by atoms with E-state index in [0.717, 1.165) is 28.9 Å². The number of thiophene rings is 1. The van der Waals surface area contributed by atoms with Gasteiger partial charge in [-0.05, 0) is 38.7 Å². The average Bonchev–Trinajstić information content (AvgIpc) is 3.05. The van der Waals surface area contributed by atoms with Crippen LogP contribution in [0.1, 0.15) is 41.4 Å². The molecule has 0 spiro atoms. The molecule has 4 nitrogen and oxygen atoms in total. The minimum Gasteiger partial charge on any atom is -0.383 e. The van der Waals surface area contributed by atoms with E-state index in [2.05, 4.69) is 18.8 Å². The number of rotatable bonds is 1.